The summed E-state index contributed by atoms with van der Waals surface area (Å²) in [5, 5.41) is 5.35. The molecule has 12 heavy (non-hydrogen) atoms. The van der Waals surface area contributed by atoms with Gasteiger partial charge in [-0.15, -0.1) is 11.3 Å². The molecule has 0 saturated carbocycles. The molecule has 0 saturated heterocycles. The van der Waals surface area contributed by atoms with Crippen LogP contribution in [0.1, 0.15) is 19.4 Å². The summed E-state index contributed by atoms with van der Waals surface area (Å²) in [5.74, 6) is 0. The third-order valence-electron chi connectivity index (χ3n) is 2.12. The zero-order valence-corrected chi connectivity index (χ0v) is 8.66. The van der Waals surface area contributed by atoms with Crippen molar-refractivity contribution in [3.05, 3.63) is 22.4 Å². The highest BCUT2D eigenvalue weighted by molar-refractivity contribution is 7.07. The van der Waals surface area contributed by atoms with Crippen LogP contribution in [0.15, 0.2) is 11.4 Å². The maximum absolute atomic E-state index is 3.26. The van der Waals surface area contributed by atoms with E-state index in [0.29, 0.717) is 0 Å². The Morgan fingerprint density at radius 1 is 1.42 bits per heavy atom. The molecule has 0 atom stereocenters. The maximum atomic E-state index is 3.26. The van der Waals surface area contributed by atoms with Gasteiger partial charge in [-0.05, 0) is 36.5 Å². The molecule has 0 bridgehead atoms. The molecular formula is C10H16NS. The van der Waals surface area contributed by atoms with Crippen molar-refractivity contribution in [1.82, 2.24) is 4.90 Å². The van der Waals surface area contributed by atoms with E-state index in [1.165, 1.54) is 12.1 Å². The number of likely N-dealkylation sites (N-methyl/N-ethyl adjacent to an activating group) is 1. The van der Waals surface area contributed by atoms with Gasteiger partial charge in [-0.1, -0.05) is 13.8 Å². The third-order valence-corrected chi connectivity index (χ3v) is 2.77. The highest BCUT2D eigenvalue weighted by Gasteiger charge is 1.99. The minimum absolute atomic E-state index is 1.14. The van der Waals surface area contributed by atoms with Gasteiger partial charge >= 0.3 is 0 Å². The fraction of sp³-hybridized carbons (Fsp3) is 0.600. The van der Waals surface area contributed by atoms with Crippen LogP contribution in [0.25, 0.3) is 0 Å². The Bertz CT molecular complexity index is 190. The molecule has 1 aromatic rings. The molecule has 1 nitrogen and oxygen atoms in total. The van der Waals surface area contributed by atoms with Gasteiger partial charge in [-0.25, -0.2) is 0 Å². The van der Waals surface area contributed by atoms with Crippen LogP contribution in [-0.2, 0) is 6.42 Å². The fourth-order valence-corrected chi connectivity index (χ4v) is 1.83. The van der Waals surface area contributed by atoms with Gasteiger partial charge in [0.2, 0.25) is 0 Å². The quantitative estimate of drug-likeness (QED) is 0.676. The zero-order valence-electron chi connectivity index (χ0n) is 7.84. The Morgan fingerprint density at radius 2 is 2.17 bits per heavy atom. The molecule has 0 aliphatic rings. The van der Waals surface area contributed by atoms with Crippen molar-refractivity contribution in [1.29, 1.82) is 0 Å². The molecule has 1 radical (unpaired) electrons. The first kappa shape index (κ1) is 9.75. The third kappa shape index (κ3) is 2.95. The van der Waals surface area contributed by atoms with E-state index >= 15 is 0 Å². The maximum Gasteiger partial charge on any atom is 0.0477 e. The van der Waals surface area contributed by atoms with Gasteiger partial charge < -0.3 is 4.90 Å². The first-order chi connectivity index (χ1) is 5.86. The number of thiophene rings is 1. The number of hydrogen-bond acceptors (Lipinski definition) is 2. The summed E-state index contributed by atoms with van der Waals surface area (Å²) in [6.07, 6.45) is 1.14. The lowest BCUT2D eigenvalue weighted by molar-refractivity contribution is 0.308. The fourth-order valence-electron chi connectivity index (χ4n) is 1.21. The molecule has 2 heteroatoms. The van der Waals surface area contributed by atoms with Crippen molar-refractivity contribution in [3.63, 3.8) is 0 Å². The second-order valence-electron chi connectivity index (χ2n) is 2.82. The van der Waals surface area contributed by atoms with E-state index in [9.17, 15) is 0 Å². The van der Waals surface area contributed by atoms with E-state index in [-0.39, 0.29) is 0 Å². The summed E-state index contributed by atoms with van der Waals surface area (Å²) in [6, 6.07) is 2.16. The van der Waals surface area contributed by atoms with Crippen LogP contribution in [0, 0.1) is 5.38 Å². The Balaban J connectivity index is 2.25. The molecule has 0 amide bonds. The van der Waals surface area contributed by atoms with Gasteiger partial charge in [-0.3, -0.25) is 0 Å². The molecule has 0 fully saturated rings. The molecule has 0 aliphatic heterocycles. The monoisotopic (exact) mass is 182 g/mol. The van der Waals surface area contributed by atoms with Gasteiger partial charge in [0.15, 0.2) is 0 Å². The number of hydrogen-bond donors (Lipinski definition) is 0. The molecule has 1 rings (SSSR count). The van der Waals surface area contributed by atoms with E-state index in [4.69, 9.17) is 0 Å². The minimum Gasteiger partial charge on any atom is -0.304 e. The molecular weight excluding hydrogens is 166 g/mol. The Labute approximate surface area is 79.0 Å². The molecule has 1 heterocycles. The second kappa shape index (κ2) is 5.33. The molecule has 0 N–H and O–H groups in total. The van der Waals surface area contributed by atoms with E-state index < -0.39 is 0 Å². The lowest BCUT2D eigenvalue weighted by Crippen LogP contribution is -2.25. The van der Waals surface area contributed by atoms with Gasteiger partial charge in [0.05, 0.1) is 0 Å². The van der Waals surface area contributed by atoms with Crippen molar-refractivity contribution in [2.45, 2.75) is 20.3 Å². The van der Waals surface area contributed by atoms with Crippen LogP contribution < -0.4 is 0 Å². The van der Waals surface area contributed by atoms with Crippen LogP contribution in [0.2, 0.25) is 0 Å². The zero-order chi connectivity index (χ0) is 8.81. The topological polar surface area (TPSA) is 3.24 Å². The first-order valence-corrected chi connectivity index (χ1v) is 5.41. The van der Waals surface area contributed by atoms with Crippen LogP contribution >= 0.6 is 11.3 Å². The summed E-state index contributed by atoms with van der Waals surface area (Å²) in [7, 11) is 0. The van der Waals surface area contributed by atoms with E-state index in [1.807, 2.05) is 0 Å². The van der Waals surface area contributed by atoms with Gasteiger partial charge in [0.1, 0.15) is 0 Å². The first-order valence-electron chi connectivity index (χ1n) is 4.53. The normalized spacial score (nSPS) is 10.9. The minimum atomic E-state index is 1.14. The Morgan fingerprint density at radius 3 is 2.67 bits per heavy atom. The van der Waals surface area contributed by atoms with E-state index in [1.54, 1.807) is 11.3 Å². The van der Waals surface area contributed by atoms with Crippen LogP contribution in [-0.4, -0.2) is 24.5 Å². The summed E-state index contributed by atoms with van der Waals surface area (Å²) in [4.78, 5) is 2.44. The molecule has 0 aliphatic carbocycles. The molecule has 0 spiro atoms. The van der Waals surface area contributed by atoms with Crippen molar-refractivity contribution < 1.29 is 0 Å². The lowest BCUT2D eigenvalue weighted by Gasteiger charge is -2.16. The summed E-state index contributed by atoms with van der Waals surface area (Å²) in [6.45, 7) is 7.89. The Kier molecular flexibility index (Phi) is 4.33. The predicted octanol–water partition coefficient (Wildman–Crippen LogP) is 2.43. The standard InChI is InChI=1S/C10H16NS/c1-3-11(4-2)7-5-10-6-8-12-9-10/h6,8H,3-5,7H2,1-2H3. The van der Waals surface area contributed by atoms with Crippen LogP contribution in [0.5, 0.6) is 0 Å². The molecule has 0 aromatic carbocycles. The van der Waals surface area contributed by atoms with E-state index in [2.05, 4.69) is 35.6 Å². The molecule has 1 aromatic heterocycles. The summed E-state index contributed by atoms with van der Waals surface area (Å²) in [5.41, 5.74) is 1.35. The van der Waals surface area contributed by atoms with Crippen molar-refractivity contribution in [2.75, 3.05) is 19.6 Å². The SMILES string of the molecule is CCN(CC)CCc1[c]scc1. The highest BCUT2D eigenvalue weighted by Crippen LogP contribution is 2.05. The van der Waals surface area contributed by atoms with E-state index in [0.717, 1.165) is 19.5 Å². The second-order valence-corrected chi connectivity index (χ2v) is 3.54. The molecule has 67 valence electrons. The largest absolute Gasteiger partial charge is 0.304 e. The number of rotatable bonds is 5. The smallest absolute Gasteiger partial charge is 0.0477 e. The average Bonchev–Trinajstić information content (AvgIpc) is 2.59. The van der Waals surface area contributed by atoms with Gasteiger partial charge in [0, 0.05) is 11.9 Å². The lowest BCUT2D eigenvalue weighted by atomic mass is 10.2. The summed E-state index contributed by atoms with van der Waals surface area (Å²) < 4.78 is 0. The molecule has 0 unspecified atom stereocenters. The summed E-state index contributed by atoms with van der Waals surface area (Å²) >= 11 is 1.66. The van der Waals surface area contributed by atoms with Gasteiger partial charge in [-0.2, -0.15) is 0 Å². The Hall–Kier alpha value is -0.340. The highest BCUT2D eigenvalue weighted by atomic mass is 32.1. The number of nitrogens with zero attached hydrogens (tertiary/aromatic N) is 1. The average molecular weight is 182 g/mol. The predicted molar refractivity (Wildman–Crippen MR) is 54.6 cm³/mol. The van der Waals surface area contributed by atoms with Crippen molar-refractivity contribution in [3.8, 4) is 0 Å². The van der Waals surface area contributed by atoms with Crippen LogP contribution in [0.4, 0.5) is 0 Å². The van der Waals surface area contributed by atoms with Crippen molar-refractivity contribution in [2.24, 2.45) is 0 Å². The van der Waals surface area contributed by atoms with Crippen molar-refractivity contribution >= 4 is 11.3 Å². The van der Waals surface area contributed by atoms with Gasteiger partial charge in [0.25, 0.3) is 0 Å². The van der Waals surface area contributed by atoms with Crippen LogP contribution in [0.3, 0.4) is 0 Å².